The van der Waals surface area contributed by atoms with Crippen LogP contribution in [-0.2, 0) is 13.5 Å². The van der Waals surface area contributed by atoms with Crippen LogP contribution >= 0.6 is 11.6 Å². The summed E-state index contributed by atoms with van der Waals surface area (Å²) >= 11 is 6.19. The number of unbranched alkanes of at least 4 members (excludes halogenated alkanes) is 1. The zero-order valence-electron chi connectivity index (χ0n) is 9.91. The van der Waals surface area contributed by atoms with Gasteiger partial charge in [-0.15, -0.1) is 11.6 Å². The molecule has 86 valence electrons. The van der Waals surface area contributed by atoms with Crippen LogP contribution in [0.15, 0.2) is 12.4 Å². The molecule has 0 N–H and O–H groups in total. The number of aryl methyl sites for hydroxylation is 2. The molecule has 1 rings (SSSR count). The second-order valence-corrected chi connectivity index (χ2v) is 5.02. The number of rotatable bonds is 6. The minimum absolute atomic E-state index is 0.325. The first-order valence-corrected chi connectivity index (χ1v) is 6.15. The number of hydrogen-bond donors (Lipinski definition) is 0. The van der Waals surface area contributed by atoms with Gasteiger partial charge in [-0.25, -0.2) is 4.98 Å². The number of halogens is 1. The van der Waals surface area contributed by atoms with E-state index in [0.717, 1.165) is 12.8 Å². The molecular formula is C12H21ClN2. The molecule has 0 aliphatic rings. The quantitative estimate of drug-likeness (QED) is 0.539. The van der Waals surface area contributed by atoms with Gasteiger partial charge in [0, 0.05) is 31.2 Å². The average molecular weight is 229 g/mol. The number of alkyl halides is 1. The molecule has 0 saturated heterocycles. The van der Waals surface area contributed by atoms with E-state index in [4.69, 9.17) is 11.6 Å². The van der Waals surface area contributed by atoms with Crippen molar-refractivity contribution < 1.29 is 0 Å². The summed E-state index contributed by atoms with van der Waals surface area (Å²) in [6, 6.07) is 0. The molecule has 1 heterocycles. The number of hydrogen-bond acceptors (Lipinski definition) is 1. The lowest BCUT2D eigenvalue weighted by molar-refractivity contribution is 0.531. The van der Waals surface area contributed by atoms with Gasteiger partial charge in [0.15, 0.2) is 0 Å². The standard InChI is InChI=1S/C12H21ClN2/c1-10(2)11(13)6-4-5-7-12-14-8-9-15(12)3/h8-11H,4-7H2,1-3H3. The summed E-state index contributed by atoms with van der Waals surface area (Å²) in [6.45, 7) is 4.35. The normalized spacial score (nSPS) is 13.4. The Morgan fingerprint density at radius 1 is 1.40 bits per heavy atom. The Kier molecular flexibility index (Phi) is 5.16. The molecule has 0 aliphatic carbocycles. The fourth-order valence-corrected chi connectivity index (χ4v) is 1.75. The van der Waals surface area contributed by atoms with E-state index < -0.39 is 0 Å². The van der Waals surface area contributed by atoms with Crippen molar-refractivity contribution in [1.82, 2.24) is 9.55 Å². The fraction of sp³-hybridized carbons (Fsp3) is 0.750. The van der Waals surface area contributed by atoms with Crippen LogP contribution in [0.5, 0.6) is 0 Å². The highest BCUT2D eigenvalue weighted by molar-refractivity contribution is 6.20. The summed E-state index contributed by atoms with van der Waals surface area (Å²) < 4.78 is 2.08. The van der Waals surface area contributed by atoms with Crippen LogP contribution in [0.2, 0.25) is 0 Å². The monoisotopic (exact) mass is 228 g/mol. The van der Waals surface area contributed by atoms with Gasteiger partial charge < -0.3 is 4.57 Å². The highest BCUT2D eigenvalue weighted by Gasteiger charge is 2.08. The van der Waals surface area contributed by atoms with Crippen molar-refractivity contribution in [2.24, 2.45) is 13.0 Å². The van der Waals surface area contributed by atoms with E-state index in [1.807, 2.05) is 19.4 Å². The summed E-state index contributed by atoms with van der Waals surface area (Å²) in [6.07, 6.45) is 8.40. The van der Waals surface area contributed by atoms with Crippen molar-refractivity contribution in [3.05, 3.63) is 18.2 Å². The van der Waals surface area contributed by atoms with E-state index in [1.165, 1.54) is 18.7 Å². The summed E-state index contributed by atoms with van der Waals surface area (Å²) in [5.74, 6) is 1.76. The second-order valence-electron chi connectivity index (χ2n) is 4.46. The first-order valence-electron chi connectivity index (χ1n) is 5.71. The molecule has 0 bridgehead atoms. The molecule has 3 heteroatoms. The molecule has 0 aromatic carbocycles. The molecule has 1 aromatic rings. The lowest BCUT2D eigenvalue weighted by Gasteiger charge is -2.12. The van der Waals surface area contributed by atoms with Gasteiger partial charge in [0.1, 0.15) is 5.82 Å². The molecule has 0 amide bonds. The number of imidazole rings is 1. The van der Waals surface area contributed by atoms with Crippen molar-refractivity contribution in [1.29, 1.82) is 0 Å². The maximum absolute atomic E-state index is 6.19. The van der Waals surface area contributed by atoms with E-state index in [9.17, 15) is 0 Å². The number of nitrogens with zero attached hydrogens (tertiary/aromatic N) is 2. The SMILES string of the molecule is CC(C)C(Cl)CCCCc1nccn1C. The van der Waals surface area contributed by atoms with Gasteiger partial charge in [0.2, 0.25) is 0 Å². The number of aromatic nitrogens is 2. The third-order valence-corrected chi connectivity index (χ3v) is 3.50. The molecule has 1 atom stereocenters. The van der Waals surface area contributed by atoms with Gasteiger partial charge in [-0.1, -0.05) is 20.3 Å². The molecule has 0 spiro atoms. The topological polar surface area (TPSA) is 17.8 Å². The van der Waals surface area contributed by atoms with Crippen molar-refractivity contribution in [3.63, 3.8) is 0 Å². The van der Waals surface area contributed by atoms with E-state index in [-0.39, 0.29) is 0 Å². The molecule has 0 aliphatic heterocycles. The molecule has 0 radical (unpaired) electrons. The largest absolute Gasteiger partial charge is 0.338 e. The van der Waals surface area contributed by atoms with Crippen LogP contribution < -0.4 is 0 Å². The van der Waals surface area contributed by atoms with E-state index in [2.05, 4.69) is 23.4 Å². The van der Waals surface area contributed by atoms with Crippen LogP contribution in [0.4, 0.5) is 0 Å². The Balaban J connectivity index is 2.15. The van der Waals surface area contributed by atoms with Crippen molar-refractivity contribution >= 4 is 11.6 Å². The second kappa shape index (κ2) is 6.16. The Bertz CT molecular complexity index is 281. The predicted octanol–water partition coefficient (Wildman–Crippen LogP) is 3.40. The highest BCUT2D eigenvalue weighted by Crippen LogP contribution is 2.17. The van der Waals surface area contributed by atoms with Crippen molar-refractivity contribution in [2.75, 3.05) is 0 Å². The molecular weight excluding hydrogens is 208 g/mol. The minimum Gasteiger partial charge on any atom is -0.338 e. The Morgan fingerprint density at radius 3 is 2.67 bits per heavy atom. The third kappa shape index (κ3) is 4.25. The summed E-state index contributed by atoms with van der Waals surface area (Å²) in [7, 11) is 2.04. The lowest BCUT2D eigenvalue weighted by atomic mass is 10.0. The fourth-order valence-electron chi connectivity index (χ4n) is 1.59. The Morgan fingerprint density at radius 2 is 2.13 bits per heavy atom. The van der Waals surface area contributed by atoms with Crippen LogP contribution in [0, 0.1) is 5.92 Å². The van der Waals surface area contributed by atoms with Crippen LogP contribution in [-0.4, -0.2) is 14.9 Å². The predicted molar refractivity (Wildman–Crippen MR) is 65.2 cm³/mol. The van der Waals surface area contributed by atoms with E-state index in [1.54, 1.807) is 0 Å². The van der Waals surface area contributed by atoms with Crippen molar-refractivity contribution in [2.45, 2.75) is 44.9 Å². The van der Waals surface area contributed by atoms with Gasteiger partial charge in [0.05, 0.1) is 0 Å². The van der Waals surface area contributed by atoms with Crippen LogP contribution in [0.3, 0.4) is 0 Å². The van der Waals surface area contributed by atoms with E-state index >= 15 is 0 Å². The molecule has 1 unspecified atom stereocenters. The van der Waals surface area contributed by atoms with Gasteiger partial charge in [0.25, 0.3) is 0 Å². The molecule has 2 nitrogen and oxygen atoms in total. The van der Waals surface area contributed by atoms with Gasteiger partial charge in [-0.2, -0.15) is 0 Å². The zero-order chi connectivity index (χ0) is 11.3. The van der Waals surface area contributed by atoms with Crippen molar-refractivity contribution in [3.8, 4) is 0 Å². The summed E-state index contributed by atoms with van der Waals surface area (Å²) in [5.41, 5.74) is 0. The maximum Gasteiger partial charge on any atom is 0.108 e. The molecule has 1 aromatic heterocycles. The van der Waals surface area contributed by atoms with Gasteiger partial charge >= 0.3 is 0 Å². The smallest absolute Gasteiger partial charge is 0.108 e. The summed E-state index contributed by atoms with van der Waals surface area (Å²) in [4.78, 5) is 4.30. The summed E-state index contributed by atoms with van der Waals surface area (Å²) in [5, 5.41) is 0.325. The highest BCUT2D eigenvalue weighted by atomic mass is 35.5. The van der Waals surface area contributed by atoms with E-state index in [0.29, 0.717) is 11.3 Å². The van der Waals surface area contributed by atoms with Gasteiger partial charge in [-0.3, -0.25) is 0 Å². The first kappa shape index (κ1) is 12.6. The Hall–Kier alpha value is -0.500. The maximum atomic E-state index is 6.19. The third-order valence-electron chi connectivity index (χ3n) is 2.77. The first-order chi connectivity index (χ1) is 7.11. The molecule has 0 saturated carbocycles. The lowest BCUT2D eigenvalue weighted by Crippen LogP contribution is -2.07. The Labute approximate surface area is 97.7 Å². The van der Waals surface area contributed by atoms with Crippen LogP contribution in [0.25, 0.3) is 0 Å². The minimum atomic E-state index is 0.325. The molecule has 15 heavy (non-hydrogen) atoms. The molecule has 0 fully saturated rings. The average Bonchev–Trinajstić information content (AvgIpc) is 2.58. The van der Waals surface area contributed by atoms with Crippen LogP contribution in [0.1, 0.15) is 38.9 Å². The zero-order valence-corrected chi connectivity index (χ0v) is 10.7. The van der Waals surface area contributed by atoms with Gasteiger partial charge in [-0.05, 0) is 18.8 Å².